The maximum Gasteiger partial charge on any atom is 0.255 e. The first-order chi connectivity index (χ1) is 18.1. The van der Waals surface area contributed by atoms with Crippen LogP contribution in [0.15, 0.2) is 24.3 Å². The largest absolute Gasteiger partial charge is 0.502 e. The molecule has 1 atom stereocenters. The van der Waals surface area contributed by atoms with Gasteiger partial charge in [0.15, 0.2) is 0 Å². The topological polar surface area (TPSA) is 88.2 Å². The number of nitrogens with zero attached hydrogens (tertiary/aromatic N) is 2. The summed E-state index contributed by atoms with van der Waals surface area (Å²) in [6.07, 6.45) is 0.386. The quantitative estimate of drug-likeness (QED) is 0.342. The van der Waals surface area contributed by atoms with Crippen LogP contribution in [0, 0.1) is 0 Å². The van der Waals surface area contributed by atoms with Crippen LogP contribution in [0.2, 0.25) is 0 Å². The molecule has 13 heteroatoms. The van der Waals surface area contributed by atoms with Gasteiger partial charge in [-0.15, -0.1) is 0 Å². The number of benzene rings is 2. The van der Waals surface area contributed by atoms with Gasteiger partial charge in [-0.25, -0.2) is 0 Å². The number of ether oxygens (including phenoxy) is 2. The molecule has 10 radical (unpaired) electrons. The zero-order valence-electron chi connectivity index (χ0n) is 20.9. The van der Waals surface area contributed by atoms with E-state index in [9.17, 15) is 14.4 Å². The van der Waals surface area contributed by atoms with E-state index in [2.05, 4.69) is 10.2 Å². The molecule has 3 aliphatic rings. The highest BCUT2D eigenvalue weighted by Gasteiger charge is 2.40. The second kappa shape index (κ2) is 10.3. The summed E-state index contributed by atoms with van der Waals surface area (Å²) < 4.78 is 11.4. The molecule has 8 nitrogen and oxygen atoms in total. The predicted octanol–water partition coefficient (Wildman–Crippen LogP) is -2.81. The van der Waals surface area contributed by atoms with Crippen LogP contribution in [-0.2, 0) is 32.8 Å². The SMILES string of the molecule is [B]c1cc(CN2CCOCC2)c([B])c([B])c1C([B])([B])Oc1cccc2c1CN(C1CCC(=O)NC1=O)C2=O. The van der Waals surface area contributed by atoms with E-state index < -0.39 is 17.3 Å². The average molecular weight is 499 g/mol. The fourth-order valence-electron chi connectivity index (χ4n) is 5.25. The molecule has 2 fully saturated rings. The van der Waals surface area contributed by atoms with Crippen molar-refractivity contribution >= 4 is 73.3 Å². The first-order valence-electron chi connectivity index (χ1n) is 12.4. The maximum atomic E-state index is 13.1. The molecule has 3 heterocycles. The van der Waals surface area contributed by atoms with Crippen LogP contribution in [0.25, 0.3) is 0 Å². The van der Waals surface area contributed by atoms with Gasteiger partial charge >= 0.3 is 0 Å². The van der Waals surface area contributed by atoms with Gasteiger partial charge in [-0.05, 0) is 29.7 Å². The number of carbonyl (C=O) groups is 3. The number of hydrogen-bond donors (Lipinski definition) is 1. The van der Waals surface area contributed by atoms with E-state index in [1.54, 1.807) is 24.3 Å². The molecule has 2 aromatic rings. The monoisotopic (exact) mass is 499 g/mol. The summed E-state index contributed by atoms with van der Waals surface area (Å²) >= 11 is 0. The van der Waals surface area contributed by atoms with E-state index in [0.29, 0.717) is 36.3 Å². The van der Waals surface area contributed by atoms with Crippen molar-refractivity contribution in [2.45, 2.75) is 37.4 Å². The highest BCUT2D eigenvalue weighted by Crippen LogP contribution is 2.35. The number of imide groups is 1. The minimum Gasteiger partial charge on any atom is -0.502 e. The second-order valence-corrected chi connectivity index (χ2v) is 9.79. The van der Waals surface area contributed by atoms with Crippen LogP contribution in [0.4, 0.5) is 0 Å². The summed E-state index contributed by atoms with van der Waals surface area (Å²) in [6.45, 7) is 3.41. The molecule has 0 aromatic heterocycles. The molecule has 0 bridgehead atoms. The molecule has 3 aliphatic heterocycles. The molecule has 2 aromatic carbocycles. The van der Waals surface area contributed by atoms with Crippen molar-refractivity contribution in [3.8, 4) is 5.75 Å². The van der Waals surface area contributed by atoms with Crippen LogP contribution >= 0.6 is 0 Å². The number of morpholine rings is 1. The molecule has 0 aliphatic carbocycles. The number of carbonyl (C=O) groups excluding carboxylic acids is 3. The van der Waals surface area contributed by atoms with E-state index in [0.717, 1.165) is 18.7 Å². The molecule has 1 N–H and O–H groups in total. The Morgan fingerprint density at radius 1 is 1.08 bits per heavy atom. The Morgan fingerprint density at radius 3 is 2.53 bits per heavy atom. The standard InChI is InChI=1S/C25H22B5N3O5/c26-16-10-13(11-32-6-8-37-9-7-32)21(27)22(28)20(16)25(29,30)38-18-3-1-2-14-15(18)12-33(24(14)36)17-4-5-19(34)31-23(17)35/h1-3,10,17H,4-9,11-12H2,(H,31,34,35). The fraction of sp³-hybridized carbons (Fsp3) is 0.400. The van der Waals surface area contributed by atoms with Crippen LogP contribution in [0.5, 0.6) is 5.75 Å². The zero-order valence-corrected chi connectivity index (χ0v) is 20.9. The van der Waals surface area contributed by atoms with Crippen molar-refractivity contribution in [3.63, 3.8) is 0 Å². The second-order valence-electron chi connectivity index (χ2n) is 9.79. The third-order valence-electron chi connectivity index (χ3n) is 7.23. The summed E-state index contributed by atoms with van der Waals surface area (Å²) in [5, 5.41) is 0.298. The van der Waals surface area contributed by atoms with Crippen molar-refractivity contribution < 1.29 is 23.9 Å². The van der Waals surface area contributed by atoms with E-state index >= 15 is 0 Å². The van der Waals surface area contributed by atoms with Crippen LogP contribution in [0.3, 0.4) is 0 Å². The molecule has 5 rings (SSSR count). The number of nitrogens with one attached hydrogen (secondary N) is 1. The highest BCUT2D eigenvalue weighted by atomic mass is 16.5. The summed E-state index contributed by atoms with van der Waals surface area (Å²) in [4.78, 5) is 40.7. The van der Waals surface area contributed by atoms with Gasteiger partial charge in [0.1, 0.15) is 51.0 Å². The predicted molar refractivity (Wildman–Crippen MR) is 145 cm³/mol. The Kier molecular flexibility index (Phi) is 7.26. The lowest BCUT2D eigenvalue weighted by atomic mass is 9.54. The molecule has 0 saturated carbocycles. The molecule has 182 valence electrons. The minimum atomic E-state index is -1.99. The number of amides is 3. The van der Waals surface area contributed by atoms with Crippen molar-refractivity contribution in [2.75, 3.05) is 26.3 Å². The van der Waals surface area contributed by atoms with Gasteiger partial charge in [0.2, 0.25) is 11.8 Å². The van der Waals surface area contributed by atoms with E-state index in [-0.39, 0.29) is 53.4 Å². The molecular weight excluding hydrogens is 476 g/mol. The Morgan fingerprint density at radius 2 is 1.82 bits per heavy atom. The molecule has 0 spiro atoms. The Balaban J connectivity index is 1.41. The molecule has 1 unspecified atom stereocenters. The van der Waals surface area contributed by atoms with E-state index in [4.69, 9.17) is 48.7 Å². The zero-order chi connectivity index (χ0) is 27.2. The van der Waals surface area contributed by atoms with Crippen molar-refractivity contribution in [1.29, 1.82) is 0 Å². The lowest BCUT2D eigenvalue weighted by Crippen LogP contribution is -2.52. The molecule has 38 heavy (non-hydrogen) atoms. The normalized spacial score (nSPS) is 20.4. The Bertz CT molecular complexity index is 1310. The van der Waals surface area contributed by atoms with Crippen molar-refractivity contribution in [3.05, 3.63) is 46.5 Å². The van der Waals surface area contributed by atoms with E-state index in [1.807, 2.05) is 0 Å². The molecule has 2 saturated heterocycles. The number of hydrogen-bond acceptors (Lipinski definition) is 6. The third kappa shape index (κ3) is 4.94. The molecule has 3 amide bonds. The first-order valence-corrected chi connectivity index (χ1v) is 12.4. The van der Waals surface area contributed by atoms with Crippen molar-refractivity contribution in [2.24, 2.45) is 0 Å². The average Bonchev–Trinajstić information content (AvgIpc) is 3.20. The Hall–Kier alpha value is -2.91. The lowest BCUT2D eigenvalue weighted by Gasteiger charge is -2.35. The smallest absolute Gasteiger partial charge is 0.255 e. The van der Waals surface area contributed by atoms with Crippen molar-refractivity contribution in [1.82, 2.24) is 15.1 Å². The van der Waals surface area contributed by atoms with Gasteiger partial charge in [0.05, 0.1) is 19.8 Å². The van der Waals surface area contributed by atoms with Gasteiger partial charge in [0.25, 0.3) is 5.91 Å². The van der Waals surface area contributed by atoms with Gasteiger partial charge in [-0.2, -0.15) is 0 Å². The van der Waals surface area contributed by atoms with Gasteiger partial charge in [-0.1, -0.05) is 28.5 Å². The number of fused-ring (bicyclic) bond motifs is 1. The number of piperidine rings is 1. The summed E-state index contributed by atoms with van der Waals surface area (Å²) in [5.41, 5.74) is 2.38. The summed E-state index contributed by atoms with van der Waals surface area (Å²) in [7, 11) is 32.0. The van der Waals surface area contributed by atoms with Gasteiger partial charge in [-0.3, -0.25) is 24.6 Å². The maximum absolute atomic E-state index is 13.1. The number of rotatable bonds is 6. The van der Waals surface area contributed by atoms with Crippen LogP contribution in [0.1, 0.15) is 39.9 Å². The van der Waals surface area contributed by atoms with E-state index in [1.165, 1.54) is 4.90 Å². The molecular formula is C25H22B5N3O5. The first kappa shape index (κ1) is 26.7. The van der Waals surface area contributed by atoms with Crippen LogP contribution < -0.4 is 26.4 Å². The summed E-state index contributed by atoms with van der Waals surface area (Å²) in [6, 6.07) is 5.80. The fourth-order valence-corrected chi connectivity index (χ4v) is 5.25. The van der Waals surface area contributed by atoms with Gasteiger partial charge in [0, 0.05) is 42.6 Å². The third-order valence-corrected chi connectivity index (χ3v) is 7.23. The lowest BCUT2D eigenvalue weighted by molar-refractivity contribution is -0.136. The Labute approximate surface area is 228 Å². The minimum absolute atomic E-state index is 0.0816. The van der Waals surface area contributed by atoms with Gasteiger partial charge < -0.3 is 14.4 Å². The summed E-state index contributed by atoms with van der Waals surface area (Å²) in [5.74, 6) is -0.980. The van der Waals surface area contributed by atoms with Crippen LogP contribution in [-0.4, -0.2) is 99.1 Å². The highest BCUT2D eigenvalue weighted by molar-refractivity contribution is 6.54.